The van der Waals surface area contributed by atoms with Crippen LogP contribution in [0.3, 0.4) is 0 Å². The number of alkyl halides is 2. The molecule has 2 aliphatic carbocycles. The van der Waals surface area contributed by atoms with Gasteiger partial charge in [0.2, 0.25) is 11.8 Å². The Kier molecular flexibility index (Phi) is 6.12. The molecular weight excluding hydrogens is 587 g/mol. The lowest BCUT2D eigenvalue weighted by atomic mass is 9.56. The Morgan fingerprint density at radius 3 is 2.54 bits per heavy atom. The van der Waals surface area contributed by atoms with Crippen molar-refractivity contribution in [2.24, 2.45) is 17.8 Å². The highest BCUT2D eigenvalue weighted by molar-refractivity contribution is 7.09. The summed E-state index contributed by atoms with van der Waals surface area (Å²) >= 11 is 22.1. The average Bonchev–Trinajstić information content (AvgIpc) is 3.55. The molecule has 0 radical (unpaired) electrons. The van der Waals surface area contributed by atoms with Crippen molar-refractivity contribution in [3.05, 3.63) is 56.8 Å². The van der Waals surface area contributed by atoms with Gasteiger partial charge in [0.15, 0.2) is 21.2 Å². The van der Waals surface area contributed by atoms with Crippen LogP contribution in [0.4, 0.5) is 0 Å². The smallest absolute Gasteiger partial charge is 0.253 e. The first-order valence-electron chi connectivity index (χ1n) is 12.3. The molecule has 1 N–H and O–H groups in total. The number of thiophene rings is 1. The molecular formula is C27H23Cl3N2O6S. The predicted octanol–water partition coefficient (Wildman–Crippen LogP) is 4.30. The molecule has 8 nitrogen and oxygen atoms in total. The summed E-state index contributed by atoms with van der Waals surface area (Å²) in [5, 5.41) is 12.2. The third kappa shape index (κ3) is 3.43. The Balaban J connectivity index is 1.51. The summed E-state index contributed by atoms with van der Waals surface area (Å²) in [5.41, 5.74) is 1.04. The number of imide groups is 2. The van der Waals surface area contributed by atoms with Crippen molar-refractivity contribution >= 4 is 69.8 Å². The Bertz CT molecular complexity index is 1480. The quantitative estimate of drug-likeness (QED) is 0.315. The zero-order valence-electron chi connectivity index (χ0n) is 20.8. The van der Waals surface area contributed by atoms with Gasteiger partial charge in [-0.1, -0.05) is 29.3 Å². The zero-order chi connectivity index (χ0) is 28.0. The van der Waals surface area contributed by atoms with E-state index in [2.05, 4.69) is 0 Å². The molecule has 3 heterocycles. The lowest BCUT2D eigenvalue weighted by Gasteiger charge is -2.50. The van der Waals surface area contributed by atoms with Crippen LogP contribution in [-0.2, 0) is 25.7 Å². The lowest BCUT2D eigenvalue weighted by Crippen LogP contribution is -2.60. The van der Waals surface area contributed by atoms with Gasteiger partial charge in [0.1, 0.15) is 0 Å². The molecule has 39 heavy (non-hydrogen) atoms. The highest BCUT2D eigenvalue weighted by atomic mass is 35.5. The third-order valence-electron chi connectivity index (χ3n) is 8.60. The summed E-state index contributed by atoms with van der Waals surface area (Å²) < 4.78 is 5.30. The maximum absolute atomic E-state index is 13.8. The van der Waals surface area contributed by atoms with Crippen molar-refractivity contribution in [1.82, 2.24) is 9.80 Å². The first-order valence-corrected chi connectivity index (χ1v) is 14.3. The van der Waals surface area contributed by atoms with Crippen LogP contribution in [0.1, 0.15) is 29.2 Å². The normalized spacial score (nSPS) is 33.7. The molecule has 204 valence electrons. The number of amides is 4. The largest absolute Gasteiger partial charge is 0.503 e. The number of allylic oxidation sites excluding steroid dienone is 2. The number of hydrogen-bond donors (Lipinski definition) is 1. The van der Waals surface area contributed by atoms with E-state index in [0.717, 1.165) is 9.78 Å². The Morgan fingerprint density at radius 2 is 1.87 bits per heavy atom. The highest BCUT2D eigenvalue weighted by Gasteiger charge is 2.75. The summed E-state index contributed by atoms with van der Waals surface area (Å²) in [4.78, 5) is 53.7. The van der Waals surface area contributed by atoms with Gasteiger partial charge in [0.25, 0.3) is 11.8 Å². The van der Waals surface area contributed by atoms with Gasteiger partial charge in [-0.3, -0.25) is 29.0 Å². The number of aromatic hydroxyl groups is 1. The number of ether oxygens (including phenoxy) is 1. The number of fused-ring (bicyclic) bond motifs is 4. The van der Waals surface area contributed by atoms with Crippen molar-refractivity contribution in [2.45, 2.75) is 35.1 Å². The third-order valence-corrected chi connectivity index (χ3v) is 11.2. The minimum atomic E-state index is -1.94. The second-order valence-corrected chi connectivity index (χ2v) is 13.1. The van der Waals surface area contributed by atoms with Crippen LogP contribution in [-0.4, -0.2) is 62.4 Å². The number of benzene rings is 1. The molecule has 12 heteroatoms. The first-order chi connectivity index (χ1) is 18.5. The molecule has 6 atom stereocenters. The van der Waals surface area contributed by atoms with Gasteiger partial charge in [-0.15, -0.1) is 34.5 Å². The number of phenols is 1. The molecule has 4 aliphatic rings. The average molecular weight is 610 g/mol. The standard InChI is InChI=1S/C27H23Cl3N2O6S/c1-31-24(36)26(29)10-16-14(5-6-15-19(16)23(35)32(22(15)34)11-13-4-3-7-39-13)20(27(26,30)25(31)37)12-8-17(28)21(33)18(9-12)38-2/h3-5,7-9,15-16,19-20,33H,6,10-11H2,1-2H3. The van der Waals surface area contributed by atoms with E-state index < -0.39 is 45.2 Å². The number of phenolic OH excluding ortho intramolecular Hbond substituents is 1. The summed E-state index contributed by atoms with van der Waals surface area (Å²) in [5.74, 6) is -5.18. The van der Waals surface area contributed by atoms with Crippen LogP contribution in [0, 0.1) is 17.8 Å². The van der Waals surface area contributed by atoms with E-state index >= 15 is 0 Å². The van der Waals surface area contributed by atoms with Crippen LogP contribution in [0.15, 0.2) is 41.3 Å². The maximum atomic E-state index is 13.8. The monoisotopic (exact) mass is 608 g/mol. The molecule has 2 aromatic rings. The fourth-order valence-corrected chi connectivity index (χ4v) is 8.74. The predicted molar refractivity (Wildman–Crippen MR) is 145 cm³/mol. The SMILES string of the molecule is COc1cc(C2C3=CCC4C(=O)N(Cc5cccs5)C(=O)C4C3CC3(Cl)C(=O)N(C)C(=O)C23Cl)cc(Cl)c1O. The summed E-state index contributed by atoms with van der Waals surface area (Å²) in [6, 6.07) is 6.69. The maximum Gasteiger partial charge on any atom is 0.253 e. The minimum absolute atomic E-state index is 0.0411. The van der Waals surface area contributed by atoms with E-state index in [4.69, 9.17) is 39.5 Å². The van der Waals surface area contributed by atoms with Gasteiger partial charge in [-0.25, -0.2) is 0 Å². The number of halogens is 3. The summed E-state index contributed by atoms with van der Waals surface area (Å²) in [6.45, 7) is 0.171. The molecule has 6 unspecified atom stereocenters. The molecule has 1 aromatic heterocycles. The van der Waals surface area contributed by atoms with Crippen molar-refractivity contribution in [2.75, 3.05) is 14.2 Å². The molecule has 1 aromatic carbocycles. The number of carbonyl (C=O) groups is 4. The molecule has 0 bridgehead atoms. The first kappa shape index (κ1) is 26.6. The van der Waals surface area contributed by atoms with E-state index in [1.165, 1.54) is 42.5 Å². The number of likely N-dealkylation sites (tertiary alicyclic amines) is 2. The van der Waals surface area contributed by atoms with E-state index in [0.29, 0.717) is 11.1 Å². The number of rotatable bonds is 4. The number of nitrogens with zero attached hydrogens (tertiary/aromatic N) is 2. The van der Waals surface area contributed by atoms with Crippen LogP contribution >= 0.6 is 46.1 Å². The van der Waals surface area contributed by atoms with E-state index in [9.17, 15) is 24.3 Å². The number of hydrogen-bond acceptors (Lipinski definition) is 7. The van der Waals surface area contributed by atoms with Gasteiger partial charge < -0.3 is 9.84 Å². The molecule has 0 spiro atoms. The van der Waals surface area contributed by atoms with Crippen molar-refractivity contribution in [3.63, 3.8) is 0 Å². The second-order valence-electron chi connectivity index (χ2n) is 10.4. The van der Waals surface area contributed by atoms with Gasteiger partial charge in [-0.05, 0) is 47.9 Å². The van der Waals surface area contributed by atoms with Gasteiger partial charge in [0.05, 0.1) is 30.5 Å². The Morgan fingerprint density at radius 1 is 1.13 bits per heavy atom. The van der Waals surface area contributed by atoms with Crippen molar-refractivity contribution < 1.29 is 29.0 Å². The zero-order valence-corrected chi connectivity index (χ0v) is 23.9. The second kappa shape index (κ2) is 8.96. The lowest BCUT2D eigenvalue weighted by molar-refractivity contribution is -0.141. The highest BCUT2D eigenvalue weighted by Crippen LogP contribution is 2.65. The van der Waals surface area contributed by atoms with Gasteiger partial charge >= 0.3 is 0 Å². The minimum Gasteiger partial charge on any atom is -0.503 e. The Hall–Kier alpha value is -2.59. The van der Waals surface area contributed by atoms with Crippen LogP contribution in [0.25, 0.3) is 0 Å². The number of carbonyl (C=O) groups excluding carboxylic acids is 4. The molecule has 2 saturated heterocycles. The molecule has 6 rings (SSSR count). The van der Waals surface area contributed by atoms with Crippen molar-refractivity contribution in [1.29, 1.82) is 0 Å². The fraction of sp³-hybridized carbons (Fsp3) is 0.407. The van der Waals surface area contributed by atoms with Gasteiger partial charge in [0, 0.05) is 17.8 Å². The van der Waals surface area contributed by atoms with Crippen LogP contribution in [0.5, 0.6) is 11.5 Å². The van der Waals surface area contributed by atoms with Gasteiger partial charge in [-0.2, -0.15) is 0 Å². The van der Waals surface area contributed by atoms with Crippen LogP contribution < -0.4 is 4.74 Å². The van der Waals surface area contributed by atoms with Crippen LogP contribution in [0.2, 0.25) is 5.02 Å². The molecule has 2 aliphatic heterocycles. The van der Waals surface area contributed by atoms with E-state index in [1.807, 2.05) is 23.6 Å². The molecule has 4 amide bonds. The molecule has 1 saturated carbocycles. The summed E-state index contributed by atoms with van der Waals surface area (Å²) in [7, 11) is 2.68. The van der Waals surface area contributed by atoms with E-state index in [1.54, 1.807) is 0 Å². The van der Waals surface area contributed by atoms with E-state index in [-0.39, 0.29) is 47.7 Å². The Labute approximate surface area is 243 Å². The summed E-state index contributed by atoms with van der Waals surface area (Å²) in [6.07, 6.45) is 2.02. The topological polar surface area (TPSA) is 104 Å². The van der Waals surface area contributed by atoms with Crippen molar-refractivity contribution in [3.8, 4) is 11.5 Å². The number of methoxy groups -OCH3 is 1. The fourth-order valence-electron chi connectivity index (χ4n) is 6.81. The molecule has 3 fully saturated rings.